The molecule has 0 aromatic heterocycles. The van der Waals surface area contributed by atoms with E-state index in [9.17, 15) is 0 Å². The summed E-state index contributed by atoms with van der Waals surface area (Å²) in [6.45, 7) is 7.27. The molecule has 0 atom stereocenters. The fourth-order valence-corrected chi connectivity index (χ4v) is 2.28. The van der Waals surface area contributed by atoms with E-state index in [1.54, 1.807) is 4.41 Å². The summed E-state index contributed by atoms with van der Waals surface area (Å²) in [5.41, 5.74) is 3.20. The Hall–Kier alpha value is 0.120. The van der Waals surface area contributed by atoms with Crippen molar-refractivity contribution in [2.24, 2.45) is 0 Å². The molecule has 4 nitrogen and oxygen atoms in total. The Morgan fingerprint density at radius 1 is 1.29 bits per heavy atom. The lowest BCUT2D eigenvalue weighted by Gasteiger charge is -2.39. The maximum Gasteiger partial charge on any atom is 0.0583 e. The van der Waals surface area contributed by atoms with Crippen LogP contribution < -0.4 is 5.53 Å². The average Bonchev–Trinajstić information content (AvgIpc) is 2.28. The average molecular weight is 276 g/mol. The maximum absolute atomic E-state index is 4.42. The number of unbranched alkanes of at least 4 members (excludes halogenated alkanes) is 2. The van der Waals surface area contributed by atoms with Gasteiger partial charge in [0.05, 0.1) is 6.54 Å². The lowest BCUT2D eigenvalue weighted by atomic mass is 10.3. The predicted molar refractivity (Wildman–Crippen MR) is 79.1 cm³/mol. The minimum absolute atomic E-state index is 0.720. The molecule has 0 saturated heterocycles. The van der Waals surface area contributed by atoms with E-state index < -0.39 is 0 Å². The van der Waals surface area contributed by atoms with Crippen LogP contribution in [-0.4, -0.2) is 34.2 Å². The Morgan fingerprint density at radius 3 is 2.35 bits per heavy atom. The van der Waals surface area contributed by atoms with Gasteiger partial charge in [-0.15, -0.1) is 18.2 Å². The van der Waals surface area contributed by atoms with E-state index in [0.29, 0.717) is 0 Å². The number of rotatable bonds is 7. The Kier molecular flexibility index (Phi) is 7.38. The zero-order valence-electron chi connectivity index (χ0n) is 10.8. The molecule has 0 unspecified atom stereocenters. The van der Waals surface area contributed by atoms with E-state index in [4.69, 9.17) is 0 Å². The molecular weight excluding hydrogens is 252 g/mol. The molecule has 0 spiro atoms. The Balaban J connectivity index is 2.57. The number of nitrogens with one attached hydrogen (secondary N) is 1. The number of hydrogen-bond acceptors (Lipinski definition) is 6. The smallest absolute Gasteiger partial charge is 0.0583 e. The summed E-state index contributed by atoms with van der Waals surface area (Å²) in [6, 6.07) is 0. The van der Waals surface area contributed by atoms with Gasteiger partial charge in [-0.2, -0.15) is 4.41 Å². The normalized spacial score (nSPS) is 17.7. The summed E-state index contributed by atoms with van der Waals surface area (Å²) in [7, 11) is 0. The summed E-state index contributed by atoms with van der Waals surface area (Å²) in [5.74, 6) is 0. The van der Waals surface area contributed by atoms with Crippen LogP contribution >= 0.6 is 25.4 Å². The summed E-state index contributed by atoms with van der Waals surface area (Å²) in [5, 5.41) is 4.32. The van der Waals surface area contributed by atoms with Crippen molar-refractivity contribution in [2.75, 3.05) is 19.6 Å². The van der Waals surface area contributed by atoms with Gasteiger partial charge in [0.25, 0.3) is 0 Å². The van der Waals surface area contributed by atoms with E-state index in [1.165, 1.54) is 25.7 Å². The van der Waals surface area contributed by atoms with Gasteiger partial charge < -0.3 is 0 Å². The maximum atomic E-state index is 4.42. The third-order valence-corrected chi connectivity index (χ3v) is 3.13. The molecule has 100 valence electrons. The molecule has 0 aromatic rings. The molecule has 1 heterocycles. The Bertz CT molecular complexity index is 240. The van der Waals surface area contributed by atoms with Crippen LogP contribution in [0.5, 0.6) is 0 Å². The second kappa shape index (κ2) is 8.26. The highest BCUT2D eigenvalue weighted by molar-refractivity contribution is 7.84. The summed E-state index contributed by atoms with van der Waals surface area (Å²) in [6.07, 6.45) is 6.84. The topological polar surface area (TPSA) is 21.8 Å². The van der Waals surface area contributed by atoms with Gasteiger partial charge in [-0.3, -0.25) is 0 Å². The molecular formula is C11H24N4S2. The van der Waals surface area contributed by atoms with Crippen LogP contribution in [0.2, 0.25) is 0 Å². The molecule has 0 bridgehead atoms. The molecule has 1 rings (SSSR count). The first-order valence-electron chi connectivity index (χ1n) is 6.33. The molecule has 0 aliphatic carbocycles. The quantitative estimate of drug-likeness (QED) is 0.621. The van der Waals surface area contributed by atoms with Crippen LogP contribution in [-0.2, 0) is 0 Å². The van der Waals surface area contributed by atoms with E-state index in [-0.39, 0.29) is 0 Å². The van der Waals surface area contributed by atoms with E-state index in [1.807, 2.05) is 11.3 Å². The van der Waals surface area contributed by atoms with Crippen molar-refractivity contribution in [3.63, 3.8) is 0 Å². The van der Waals surface area contributed by atoms with Crippen molar-refractivity contribution in [3.05, 3.63) is 11.1 Å². The fourth-order valence-electron chi connectivity index (χ4n) is 1.67. The largest absolute Gasteiger partial charge is 0.231 e. The van der Waals surface area contributed by atoms with Gasteiger partial charge in [-0.1, -0.05) is 39.5 Å². The first-order chi connectivity index (χ1) is 8.17. The van der Waals surface area contributed by atoms with Crippen molar-refractivity contribution < 1.29 is 0 Å². The van der Waals surface area contributed by atoms with Gasteiger partial charge in [0.2, 0.25) is 0 Å². The Morgan fingerprint density at radius 2 is 1.88 bits per heavy atom. The number of hydrazine groups is 3. The molecule has 1 N–H and O–H groups in total. The van der Waals surface area contributed by atoms with Gasteiger partial charge >= 0.3 is 0 Å². The second-order valence-electron chi connectivity index (χ2n) is 4.28. The summed E-state index contributed by atoms with van der Waals surface area (Å²) >= 11 is 8.74. The van der Waals surface area contributed by atoms with E-state index >= 15 is 0 Å². The third kappa shape index (κ3) is 5.52. The van der Waals surface area contributed by atoms with Crippen molar-refractivity contribution in [2.45, 2.75) is 39.5 Å². The number of hydrogen-bond donors (Lipinski definition) is 3. The highest BCUT2D eigenvalue weighted by atomic mass is 32.1. The van der Waals surface area contributed by atoms with Crippen LogP contribution in [0, 0.1) is 0 Å². The zero-order valence-corrected chi connectivity index (χ0v) is 12.6. The van der Waals surface area contributed by atoms with Crippen LogP contribution in [0.3, 0.4) is 0 Å². The number of nitrogens with zero attached hydrogens (tertiary/aromatic N) is 3. The fraction of sp³-hybridized carbons (Fsp3) is 0.818. The first-order valence-corrected chi connectivity index (χ1v) is 7.18. The van der Waals surface area contributed by atoms with Crippen molar-refractivity contribution in [1.82, 2.24) is 20.1 Å². The van der Waals surface area contributed by atoms with Gasteiger partial charge in [0.1, 0.15) is 0 Å². The van der Waals surface area contributed by atoms with Gasteiger partial charge in [0, 0.05) is 24.2 Å². The van der Waals surface area contributed by atoms with Crippen LogP contribution in [0.15, 0.2) is 11.1 Å². The van der Waals surface area contributed by atoms with Crippen LogP contribution in [0.4, 0.5) is 0 Å². The summed E-state index contributed by atoms with van der Waals surface area (Å²) in [4.78, 5) is 1.01. The van der Waals surface area contributed by atoms with Crippen LogP contribution in [0.25, 0.3) is 0 Å². The molecule has 1 aliphatic heterocycles. The van der Waals surface area contributed by atoms with Crippen molar-refractivity contribution >= 4 is 25.4 Å². The van der Waals surface area contributed by atoms with Crippen LogP contribution in [0.1, 0.15) is 39.5 Å². The number of thiol groups is 2. The zero-order chi connectivity index (χ0) is 12.7. The molecule has 0 fully saturated rings. The highest BCUT2D eigenvalue weighted by Crippen LogP contribution is 2.14. The molecule has 0 aromatic carbocycles. The molecule has 1 aliphatic rings. The highest BCUT2D eigenvalue weighted by Gasteiger charge is 2.18. The first kappa shape index (κ1) is 15.2. The molecule has 6 heteroatoms. The second-order valence-corrected chi connectivity index (χ2v) is 5.34. The standard InChI is InChI=1S/C11H24N4S2/c1-3-5-7-13(8-6-4-2)14-9-11(16)10-15(17)12-14/h9,12,16-17H,3-8,10H2,1-2H3. The molecule has 17 heavy (non-hydrogen) atoms. The minimum Gasteiger partial charge on any atom is -0.231 e. The van der Waals surface area contributed by atoms with Crippen molar-refractivity contribution in [1.29, 1.82) is 0 Å². The molecule has 0 saturated carbocycles. The Labute approximate surface area is 116 Å². The summed E-state index contributed by atoms with van der Waals surface area (Å²) < 4.78 is 1.74. The third-order valence-electron chi connectivity index (χ3n) is 2.65. The van der Waals surface area contributed by atoms with Gasteiger partial charge in [-0.05, 0) is 12.8 Å². The molecule has 0 amide bonds. The monoisotopic (exact) mass is 276 g/mol. The SMILES string of the molecule is CCCCN(CCCC)N1C=C(S)CN(S)N1. The lowest BCUT2D eigenvalue weighted by Crippen LogP contribution is -2.55. The van der Waals surface area contributed by atoms with E-state index in [2.05, 4.69) is 49.8 Å². The van der Waals surface area contributed by atoms with Crippen molar-refractivity contribution in [3.8, 4) is 0 Å². The van der Waals surface area contributed by atoms with Gasteiger partial charge in [0.15, 0.2) is 0 Å². The molecule has 0 radical (unpaired) electrons. The van der Waals surface area contributed by atoms with Gasteiger partial charge in [-0.25, -0.2) is 10.1 Å². The lowest BCUT2D eigenvalue weighted by molar-refractivity contribution is -0.0719. The predicted octanol–water partition coefficient (Wildman–Crippen LogP) is 2.46. The van der Waals surface area contributed by atoms with E-state index in [0.717, 1.165) is 24.5 Å². The minimum atomic E-state index is 0.720.